The highest BCUT2D eigenvalue weighted by atomic mass is 16.5. The molecule has 0 aromatic heterocycles. The Hall–Kier alpha value is -3.07. The SMILES string of the molecule is COC(=O)c1ccc(CNc2ccc3c(c2)Cc2ccccc2-3)cc1. The molecule has 3 heteroatoms. The third-order valence-electron chi connectivity index (χ3n) is 4.67. The molecule has 0 amide bonds. The molecule has 3 aromatic carbocycles. The fourth-order valence-corrected chi connectivity index (χ4v) is 3.34. The average Bonchev–Trinajstić information content (AvgIpc) is 3.04. The molecule has 0 atom stereocenters. The second-order valence-electron chi connectivity index (χ2n) is 6.25. The lowest BCUT2D eigenvalue weighted by molar-refractivity contribution is 0.0600. The van der Waals surface area contributed by atoms with Gasteiger partial charge in [-0.3, -0.25) is 0 Å². The summed E-state index contributed by atoms with van der Waals surface area (Å²) >= 11 is 0. The minimum atomic E-state index is -0.308. The molecule has 1 aliphatic rings. The van der Waals surface area contributed by atoms with Crippen LogP contribution in [0.5, 0.6) is 0 Å². The number of methoxy groups -OCH3 is 1. The zero-order valence-electron chi connectivity index (χ0n) is 14.1. The number of benzene rings is 3. The molecule has 4 rings (SSSR count). The molecule has 25 heavy (non-hydrogen) atoms. The van der Waals surface area contributed by atoms with Crippen molar-refractivity contribution in [3.05, 3.63) is 89.0 Å². The Morgan fingerprint density at radius 2 is 1.72 bits per heavy atom. The van der Waals surface area contributed by atoms with Crippen molar-refractivity contribution in [1.82, 2.24) is 0 Å². The Balaban J connectivity index is 1.46. The number of hydrogen-bond donors (Lipinski definition) is 1. The van der Waals surface area contributed by atoms with Gasteiger partial charge in [0.2, 0.25) is 0 Å². The van der Waals surface area contributed by atoms with Crippen LogP contribution in [0.1, 0.15) is 27.0 Å². The van der Waals surface area contributed by atoms with Crippen LogP contribution in [0.2, 0.25) is 0 Å². The van der Waals surface area contributed by atoms with E-state index < -0.39 is 0 Å². The monoisotopic (exact) mass is 329 g/mol. The quantitative estimate of drug-likeness (QED) is 0.554. The van der Waals surface area contributed by atoms with E-state index in [2.05, 4.69) is 47.8 Å². The Morgan fingerprint density at radius 3 is 2.52 bits per heavy atom. The summed E-state index contributed by atoms with van der Waals surface area (Å²) in [6.07, 6.45) is 0.995. The second kappa shape index (κ2) is 6.44. The Morgan fingerprint density at radius 1 is 0.960 bits per heavy atom. The Kier molecular flexibility index (Phi) is 3.98. The summed E-state index contributed by atoms with van der Waals surface area (Å²) in [5, 5.41) is 3.46. The van der Waals surface area contributed by atoms with E-state index in [0.29, 0.717) is 12.1 Å². The van der Waals surface area contributed by atoms with E-state index in [1.807, 2.05) is 12.1 Å². The van der Waals surface area contributed by atoms with Gasteiger partial charge in [-0.2, -0.15) is 0 Å². The largest absolute Gasteiger partial charge is 0.465 e. The van der Waals surface area contributed by atoms with Crippen LogP contribution in [0, 0.1) is 0 Å². The molecule has 124 valence electrons. The highest BCUT2D eigenvalue weighted by Gasteiger charge is 2.17. The van der Waals surface area contributed by atoms with Crippen molar-refractivity contribution in [2.45, 2.75) is 13.0 Å². The summed E-state index contributed by atoms with van der Waals surface area (Å²) in [4.78, 5) is 11.5. The number of nitrogens with one attached hydrogen (secondary N) is 1. The number of hydrogen-bond acceptors (Lipinski definition) is 3. The fourth-order valence-electron chi connectivity index (χ4n) is 3.34. The zero-order valence-corrected chi connectivity index (χ0v) is 14.1. The zero-order chi connectivity index (χ0) is 17.2. The van der Waals surface area contributed by atoms with Crippen molar-refractivity contribution in [2.24, 2.45) is 0 Å². The van der Waals surface area contributed by atoms with E-state index in [4.69, 9.17) is 4.74 Å². The first-order valence-electron chi connectivity index (χ1n) is 8.37. The summed E-state index contributed by atoms with van der Waals surface area (Å²) < 4.78 is 4.72. The lowest BCUT2D eigenvalue weighted by Gasteiger charge is -2.09. The molecule has 0 fully saturated rings. The van der Waals surface area contributed by atoms with Crippen LogP contribution in [-0.4, -0.2) is 13.1 Å². The van der Waals surface area contributed by atoms with Gasteiger partial charge in [-0.25, -0.2) is 4.79 Å². The molecule has 0 heterocycles. The van der Waals surface area contributed by atoms with Gasteiger partial charge in [0.05, 0.1) is 12.7 Å². The molecule has 1 aliphatic carbocycles. The summed E-state index contributed by atoms with van der Waals surface area (Å²) in [6.45, 7) is 0.715. The van der Waals surface area contributed by atoms with Gasteiger partial charge in [0.25, 0.3) is 0 Å². The lowest BCUT2D eigenvalue weighted by Crippen LogP contribution is -2.03. The molecule has 1 N–H and O–H groups in total. The highest BCUT2D eigenvalue weighted by molar-refractivity contribution is 5.89. The smallest absolute Gasteiger partial charge is 0.337 e. The van der Waals surface area contributed by atoms with Gasteiger partial charge in [0.1, 0.15) is 0 Å². The fraction of sp³-hybridized carbons (Fsp3) is 0.136. The number of rotatable bonds is 4. The predicted octanol–water partition coefficient (Wildman–Crippen LogP) is 4.66. The molecule has 0 spiro atoms. The maximum Gasteiger partial charge on any atom is 0.337 e. The van der Waals surface area contributed by atoms with Crippen LogP contribution < -0.4 is 5.32 Å². The molecule has 3 nitrogen and oxygen atoms in total. The first-order valence-corrected chi connectivity index (χ1v) is 8.37. The van der Waals surface area contributed by atoms with Gasteiger partial charge in [-0.1, -0.05) is 42.5 Å². The summed E-state index contributed by atoms with van der Waals surface area (Å²) in [5.41, 5.74) is 8.26. The van der Waals surface area contributed by atoms with E-state index in [1.54, 1.807) is 12.1 Å². The molecule has 3 aromatic rings. The predicted molar refractivity (Wildman–Crippen MR) is 99.8 cm³/mol. The number of carbonyl (C=O) groups excluding carboxylic acids is 1. The van der Waals surface area contributed by atoms with Gasteiger partial charge >= 0.3 is 5.97 Å². The van der Waals surface area contributed by atoms with Crippen LogP contribution in [0.25, 0.3) is 11.1 Å². The molecule has 0 saturated heterocycles. The molecule has 0 saturated carbocycles. The molecular formula is C22H19NO2. The van der Waals surface area contributed by atoms with Gasteiger partial charge in [0.15, 0.2) is 0 Å². The van der Waals surface area contributed by atoms with Crippen LogP contribution >= 0.6 is 0 Å². The van der Waals surface area contributed by atoms with Crippen molar-refractivity contribution in [3.8, 4) is 11.1 Å². The van der Waals surface area contributed by atoms with E-state index in [-0.39, 0.29) is 5.97 Å². The number of anilines is 1. The first kappa shape index (κ1) is 15.5. The van der Waals surface area contributed by atoms with Crippen LogP contribution in [0.15, 0.2) is 66.7 Å². The topological polar surface area (TPSA) is 38.3 Å². The Bertz CT molecular complexity index is 929. The minimum absolute atomic E-state index is 0.308. The molecule has 0 radical (unpaired) electrons. The van der Waals surface area contributed by atoms with Crippen LogP contribution in [0.4, 0.5) is 5.69 Å². The van der Waals surface area contributed by atoms with Gasteiger partial charge < -0.3 is 10.1 Å². The third-order valence-corrected chi connectivity index (χ3v) is 4.67. The van der Waals surface area contributed by atoms with Crippen molar-refractivity contribution in [1.29, 1.82) is 0 Å². The van der Waals surface area contributed by atoms with E-state index in [0.717, 1.165) is 17.7 Å². The van der Waals surface area contributed by atoms with Crippen LogP contribution in [0.3, 0.4) is 0 Å². The summed E-state index contributed by atoms with van der Waals surface area (Å²) in [6, 6.07) is 22.6. The van der Waals surface area contributed by atoms with Gasteiger partial charge in [-0.15, -0.1) is 0 Å². The van der Waals surface area contributed by atoms with Crippen molar-refractivity contribution < 1.29 is 9.53 Å². The number of ether oxygens (including phenoxy) is 1. The summed E-state index contributed by atoms with van der Waals surface area (Å²) in [7, 11) is 1.39. The Labute approximate surface area is 147 Å². The van der Waals surface area contributed by atoms with Crippen molar-refractivity contribution in [2.75, 3.05) is 12.4 Å². The number of esters is 1. The van der Waals surface area contributed by atoms with Crippen molar-refractivity contribution in [3.63, 3.8) is 0 Å². The number of fused-ring (bicyclic) bond motifs is 3. The maximum absolute atomic E-state index is 11.5. The minimum Gasteiger partial charge on any atom is -0.465 e. The molecule has 0 bridgehead atoms. The highest BCUT2D eigenvalue weighted by Crippen LogP contribution is 2.37. The van der Waals surface area contributed by atoms with Crippen LogP contribution in [-0.2, 0) is 17.7 Å². The van der Waals surface area contributed by atoms with E-state index in [1.165, 1.54) is 29.4 Å². The lowest BCUT2D eigenvalue weighted by atomic mass is 10.1. The standard InChI is InChI=1S/C22H19NO2/c1-25-22(24)16-8-6-15(7-9-16)14-23-19-10-11-21-18(13-19)12-17-4-2-3-5-20(17)21/h2-11,13,23H,12,14H2,1H3. The van der Waals surface area contributed by atoms with Gasteiger partial charge in [-0.05, 0) is 58.5 Å². The van der Waals surface area contributed by atoms with E-state index >= 15 is 0 Å². The molecular weight excluding hydrogens is 310 g/mol. The average molecular weight is 329 g/mol. The molecule has 0 unspecified atom stereocenters. The second-order valence-corrected chi connectivity index (χ2v) is 6.25. The number of carbonyl (C=O) groups is 1. The third kappa shape index (κ3) is 3.01. The first-order chi connectivity index (χ1) is 12.2. The van der Waals surface area contributed by atoms with E-state index in [9.17, 15) is 4.79 Å². The normalized spacial score (nSPS) is 11.6. The van der Waals surface area contributed by atoms with Gasteiger partial charge in [0, 0.05) is 12.2 Å². The van der Waals surface area contributed by atoms with Crippen molar-refractivity contribution >= 4 is 11.7 Å². The maximum atomic E-state index is 11.5. The summed E-state index contributed by atoms with van der Waals surface area (Å²) in [5.74, 6) is -0.308. The molecule has 0 aliphatic heterocycles.